The monoisotopic (exact) mass is 142 g/mol. The Kier molecular flexibility index (Phi) is 1.89. The first-order valence-corrected chi connectivity index (χ1v) is 3.31. The minimum atomic E-state index is 0.131. The number of hydrogen-bond acceptors (Lipinski definition) is 4. The SMILES string of the molecule is CC(=O)Cc1ncns1. The van der Waals surface area contributed by atoms with Crippen LogP contribution in [0.5, 0.6) is 0 Å². The Morgan fingerprint density at radius 3 is 3.11 bits per heavy atom. The maximum atomic E-state index is 10.4. The number of aromatic nitrogens is 2. The number of carbonyl (C=O) groups is 1. The second-order valence-corrected chi connectivity index (χ2v) is 2.58. The summed E-state index contributed by atoms with van der Waals surface area (Å²) in [6.07, 6.45) is 1.88. The zero-order valence-electron chi connectivity index (χ0n) is 5.00. The van der Waals surface area contributed by atoms with Crippen molar-refractivity contribution in [1.29, 1.82) is 0 Å². The van der Waals surface area contributed by atoms with Crippen LogP contribution >= 0.6 is 11.5 Å². The number of ketones is 1. The van der Waals surface area contributed by atoms with E-state index in [1.165, 1.54) is 17.9 Å². The molecule has 0 aliphatic heterocycles. The zero-order chi connectivity index (χ0) is 6.69. The predicted octanol–water partition coefficient (Wildman–Crippen LogP) is 0.670. The van der Waals surface area contributed by atoms with Crippen molar-refractivity contribution in [2.24, 2.45) is 0 Å². The third kappa shape index (κ3) is 1.89. The molecule has 0 saturated heterocycles. The van der Waals surface area contributed by atoms with Crippen molar-refractivity contribution in [2.45, 2.75) is 13.3 Å². The van der Waals surface area contributed by atoms with Crippen molar-refractivity contribution in [2.75, 3.05) is 0 Å². The van der Waals surface area contributed by atoms with E-state index in [9.17, 15) is 4.79 Å². The first-order valence-electron chi connectivity index (χ1n) is 2.54. The lowest BCUT2D eigenvalue weighted by atomic mass is 10.3. The molecule has 0 aliphatic rings. The van der Waals surface area contributed by atoms with Crippen LogP contribution in [-0.4, -0.2) is 15.1 Å². The van der Waals surface area contributed by atoms with Crippen LogP contribution in [0.3, 0.4) is 0 Å². The molecule has 4 heteroatoms. The van der Waals surface area contributed by atoms with E-state index in [4.69, 9.17) is 0 Å². The second-order valence-electron chi connectivity index (χ2n) is 1.71. The normalized spacial score (nSPS) is 9.44. The molecule has 0 bridgehead atoms. The fraction of sp³-hybridized carbons (Fsp3) is 0.400. The molecule has 1 rings (SSSR count). The molecule has 9 heavy (non-hydrogen) atoms. The number of carbonyl (C=O) groups excluding carboxylic acids is 1. The third-order valence-electron chi connectivity index (χ3n) is 0.807. The number of hydrogen-bond donors (Lipinski definition) is 0. The molecule has 0 radical (unpaired) electrons. The summed E-state index contributed by atoms with van der Waals surface area (Å²) in [5.41, 5.74) is 0. The molecule has 0 spiro atoms. The number of nitrogens with zero attached hydrogens (tertiary/aromatic N) is 2. The molecular formula is C5H6N2OS. The van der Waals surface area contributed by atoms with Gasteiger partial charge in [0.1, 0.15) is 17.1 Å². The molecule has 0 N–H and O–H groups in total. The van der Waals surface area contributed by atoms with Crippen molar-refractivity contribution in [1.82, 2.24) is 9.36 Å². The molecular weight excluding hydrogens is 136 g/mol. The van der Waals surface area contributed by atoms with E-state index in [-0.39, 0.29) is 5.78 Å². The molecule has 1 aromatic heterocycles. The van der Waals surface area contributed by atoms with E-state index in [1.807, 2.05) is 0 Å². The standard InChI is InChI=1S/C5H6N2OS/c1-4(8)2-5-6-3-7-9-5/h3H,2H2,1H3. The van der Waals surface area contributed by atoms with Crippen molar-refractivity contribution >= 4 is 17.3 Å². The van der Waals surface area contributed by atoms with E-state index in [0.717, 1.165) is 5.01 Å². The molecule has 1 aromatic rings. The van der Waals surface area contributed by atoms with Crippen LogP contribution in [0, 0.1) is 0 Å². The molecule has 48 valence electrons. The Hall–Kier alpha value is -0.770. The summed E-state index contributed by atoms with van der Waals surface area (Å²) in [7, 11) is 0. The first kappa shape index (κ1) is 6.35. The van der Waals surface area contributed by atoms with E-state index >= 15 is 0 Å². The Bertz CT molecular complexity index is 195. The largest absolute Gasteiger partial charge is 0.300 e. The van der Waals surface area contributed by atoms with Gasteiger partial charge in [0.05, 0.1) is 6.42 Å². The van der Waals surface area contributed by atoms with Gasteiger partial charge in [-0.15, -0.1) is 0 Å². The fourth-order valence-corrected chi connectivity index (χ4v) is 1.06. The number of Topliss-reactive ketones (excluding diaryl/α,β-unsaturated/α-hetero) is 1. The van der Waals surface area contributed by atoms with Gasteiger partial charge >= 0.3 is 0 Å². The van der Waals surface area contributed by atoms with Gasteiger partial charge in [0.15, 0.2) is 0 Å². The average Bonchev–Trinajstić information content (AvgIpc) is 2.15. The highest BCUT2D eigenvalue weighted by molar-refractivity contribution is 7.05. The van der Waals surface area contributed by atoms with Gasteiger partial charge in [0.2, 0.25) is 0 Å². The average molecular weight is 142 g/mol. The lowest BCUT2D eigenvalue weighted by Crippen LogP contribution is -1.94. The Balaban J connectivity index is 2.58. The Labute approximate surface area is 56.9 Å². The topological polar surface area (TPSA) is 42.9 Å². The fourth-order valence-electron chi connectivity index (χ4n) is 0.487. The van der Waals surface area contributed by atoms with Crippen molar-refractivity contribution < 1.29 is 4.79 Å². The summed E-state index contributed by atoms with van der Waals surface area (Å²) in [6.45, 7) is 1.54. The lowest BCUT2D eigenvalue weighted by molar-refractivity contribution is -0.116. The second kappa shape index (κ2) is 2.68. The predicted molar refractivity (Wildman–Crippen MR) is 34.3 cm³/mol. The van der Waals surface area contributed by atoms with Crippen molar-refractivity contribution in [3.8, 4) is 0 Å². The van der Waals surface area contributed by atoms with Gasteiger partial charge in [-0.3, -0.25) is 4.79 Å². The highest BCUT2D eigenvalue weighted by atomic mass is 32.1. The van der Waals surface area contributed by atoms with E-state index < -0.39 is 0 Å². The van der Waals surface area contributed by atoms with Gasteiger partial charge in [0, 0.05) is 0 Å². The van der Waals surface area contributed by atoms with Gasteiger partial charge in [-0.05, 0) is 18.5 Å². The van der Waals surface area contributed by atoms with Crippen LogP contribution < -0.4 is 0 Å². The van der Waals surface area contributed by atoms with E-state index in [1.54, 1.807) is 6.92 Å². The maximum Gasteiger partial charge on any atom is 0.136 e. The lowest BCUT2D eigenvalue weighted by Gasteiger charge is -1.83. The molecule has 0 aromatic carbocycles. The summed E-state index contributed by atoms with van der Waals surface area (Å²) in [5, 5.41) is 0.794. The van der Waals surface area contributed by atoms with Crippen LogP contribution in [0.2, 0.25) is 0 Å². The minimum Gasteiger partial charge on any atom is -0.300 e. The smallest absolute Gasteiger partial charge is 0.136 e. The first-order chi connectivity index (χ1) is 4.29. The highest BCUT2D eigenvalue weighted by Gasteiger charge is 1.98. The Morgan fingerprint density at radius 2 is 2.67 bits per heavy atom. The van der Waals surface area contributed by atoms with Crippen molar-refractivity contribution in [3.63, 3.8) is 0 Å². The zero-order valence-corrected chi connectivity index (χ0v) is 5.81. The van der Waals surface area contributed by atoms with Crippen LogP contribution in [0.1, 0.15) is 11.9 Å². The molecule has 0 aliphatic carbocycles. The molecule has 3 nitrogen and oxygen atoms in total. The van der Waals surface area contributed by atoms with Crippen LogP contribution in [0.25, 0.3) is 0 Å². The van der Waals surface area contributed by atoms with Crippen LogP contribution in [0.15, 0.2) is 6.33 Å². The van der Waals surface area contributed by atoms with E-state index in [0.29, 0.717) is 6.42 Å². The molecule has 0 saturated carbocycles. The van der Waals surface area contributed by atoms with Gasteiger partial charge in [-0.25, -0.2) is 4.98 Å². The van der Waals surface area contributed by atoms with Gasteiger partial charge < -0.3 is 0 Å². The molecule has 0 atom stereocenters. The van der Waals surface area contributed by atoms with Gasteiger partial charge in [-0.1, -0.05) is 0 Å². The molecule has 0 amide bonds. The van der Waals surface area contributed by atoms with Crippen LogP contribution in [0.4, 0.5) is 0 Å². The summed E-state index contributed by atoms with van der Waals surface area (Å²) in [4.78, 5) is 14.3. The Morgan fingerprint density at radius 1 is 1.89 bits per heavy atom. The van der Waals surface area contributed by atoms with Crippen molar-refractivity contribution in [3.05, 3.63) is 11.3 Å². The summed E-state index contributed by atoms with van der Waals surface area (Å²) in [6, 6.07) is 0. The van der Waals surface area contributed by atoms with Gasteiger partial charge in [0.25, 0.3) is 0 Å². The number of rotatable bonds is 2. The summed E-state index contributed by atoms with van der Waals surface area (Å²) >= 11 is 1.27. The highest BCUT2D eigenvalue weighted by Crippen LogP contribution is 1.99. The van der Waals surface area contributed by atoms with E-state index in [2.05, 4.69) is 9.36 Å². The summed E-state index contributed by atoms with van der Waals surface area (Å²) < 4.78 is 3.75. The molecule has 0 fully saturated rings. The quantitative estimate of drug-likeness (QED) is 0.609. The molecule has 1 heterocycles. The van der Waals surface area contributed by atoms with Gasteiger partial charge in [-0.2, -0.15) is 4.37 Å². The third-order valence-corrected chi connectivity index (χ3v) is 1.47. The minimum absolute atomic E-state index is 0.131. The molecule has 0 unspecified atom stereocenters. The summed E-state index contributed by atoms with van der Waals surface area (Å²) in [5.74, 6) is 0.131. The van der Waals surface area contributed by atoms with Crippen LogP contribution in [-0.2, 0) is 11.2 Å². The maximum absolute atomic E-state index is 10.4.